The van der Waals surface area contributed by atoms with Gasteiger partial charge in [0, 0.05) is 34.1 Å². The van der Waals surface area contributed by atoms with Gasteiger partial charge in [-0.15, -0.1) is 0 Å². The van der Waals surface area contributed by atoms with Gasteiger partial charge in [0.1, 0.15) is 5.82 Å². The number of aromatic nitrogens is 2. The number of halogens is 3. The third kappa shape index (κ3) is 4.36. The maximum Gasteiger partial charge on any atom is 0.261 e. The standard InChI is InChI=1S/C21H18BrClFN3O2/c22-13-4-7-19-15(10-13)21(29)26(12-25-19)9-8-20(28)27(14-5-6-14)11-16-17(23)2-1-3-18(16)24/h1-4,7,10,12,14H,5-6,8-9,11H2. The van der Waals surface area contributed by atoms with E-state index >= 15 is 0 Å². The highest BCUT2D eigenvalue weighted by Gasteiger charge is 2.33. The zero-order chi connectivity index (χ0) is 20.5. The number of aryl methyl sites for hydroxylation is 1. The number of hydrogen-bond acceptors (Lipinski definition) is 3. The molecule has 2 aromatic carbocycles. The van der Waals surface area contributed by atoms with Crippen molar-refractivity contribution in [1.29, 1.82) is 0 Å². The van der Waals surface area contributed by atoms with Crippen molar-refractivity contribution in [2.45, 2.75) is 38.4 Å². The summed E-state index contributed by atoms with van der Waals surface area (Å²) in [5.41, 5.74) is 0.734. The number of hydrogen-bond donors (Lipinski definition) is 0. The van der Waals surface area contributed by atoms with Crippen molar-refractivity contribution >= 4 is 44.3 Å². The number of rotatable bonds is 6. The van der Waals surface area contributed by atoms with Crippen LogP contribution >= 0.6 is 27.5 Å². The summed E-state index contributed by atoms with van der Waals surface area (Å²) in [5, 5.41) is 0.801. The minimum absolute atomic E-state index is 0.0978. The summed E-state index contributed by atoms with van der Waals surface area (Å²) in [6, 6.07) is 9.92. The van der Waals surface area contributed by atoms with Crippen molar-refractivity contribution in [3.05, 3.63) is 74.0 Å². The van der Waals surface area contributed by atoms with E-state index in [2.05, 4.69) is 20.9 Å². The largest absolute Gasteiger partial charge is 0.335 e. The monoisotopic (exact) mass is 477 g/mol. The van der Waals surface area contributed by atoms with Gasteiger partial charge in [-0.2, -0.15) is 0 Å². The molecule has 1 heterocycles. The van der Waals surface area contributed by atoms with Gasteiger partial charge < -0.3 is 4.90 Å². The molecule has 1 fully saturated rings. The minimum atomic E-state index is -0.420. The van der Waals surface area contributed by atoms with Crippen molar-refractivity contribution in [3.63, 3.8) is 0 Å². The predicted molar refractivity (Wildman–Crippen MR) is 113 cm³/mol. The third-order valence-corrected chi connectivity index (χ3v) is 5.90. The van der Waals surface area contributed by atoms with Crippen molar-refractivity contribution in [3.8, 4) is 0 Å². The van der Waals surface area contributed by atoms with Crippen LogP contribution in [0.1, 0.15) is 24.8 Å². The topological polar surface area (TPSA) is 55.2 Å². The Morgan fingerprint density at radius 1 is 1.31 bits per heavy atom. The first-order chi connectivity index (χ1) is 13.9. The molecule has 1 aromatic heterocycles. The second-order valence-corrected chi connectivity index (χ2v) is 8.43. The van der Waals surface area contributed by atoms with Gasteiger partial charge in [0.2, 0.25) is 5.91 Å². The molecule has 1 aliphatic rings. The first-order valence-electron chi connectivity index (χ1n) is 9.31. The molecule has 0 N–H and O–H groups in total. The van der Waals surface area contributed by atoms with E-state index in [-0.39, 0.29) is 37.0 Å². The van der Waals surface area contributed by atoms with Gasteiger partial charge in [-0.3, -0.25) is 14.2 Å². The highest BCUT2D eigenvalue weighted by Crippen LogP contribution is 2.31. The highest BCUT2D eigenvalue weighted by molar-refractivity contribution is 9.10. The van der Waals surface area contributed by atoms with Crippen LogP contribution in [0, 0.1) is 5.82 Å². The Hall–Kier alpha value is -2.25. The Kier molecular flexibility index (Phi) is 5.69. The number of fused-ring (bicyclic) bond motifs is 1. The molecule has 0 unspecified atom stereocenters. The van der Waals surface area contributed by atoms with E-state index in [1.807, 2.05) is 6.07 Å². The molecule has 3 aromatic rings. The molecule has 8 heteroatoms. The molecule has 1 amide bonds. The number of amides is 1. The maximum absolute atomic E-state index is 14.2. The molecule has 0 radical (unpaired) electrons. The van der Waals surface area contributed by atoms with E-state index in [4.69, 9.17) is 11.6 Å². The second kappa shape index (κ2) is 8.24. The number of carbonyl (C=O) groups excluding carboxylic acids is 1. The van der Waals surface area contributed by atoms with Crippen LogP contribution in [0.2, 0.25) is 5.02 Å². The second-order valence-electron chi connectivity index (χ2n) is 7.11. The van der Waals surface area contributed by atoms with Crippen molar-refractivity contribution in [2.75, 3.05) is 0 Å². The van der Waals surface area contributed by atoms with E-state index in [0.29, 0.717) is 21.5 Å². The summed E-state index contributed by atoms with van der Waals surface area (Å²) in [5.74, 6) is -0.551. The Morgan fingerprint density at radius 3 is 2.83 bits per heavy atom. The average Bonchev–Trinajstić information content (AvgIpc) is 3.52. The van der Waals surface area contributed by atoms with Gasteiger partial charge in [0.25, 0.3) is 5.56 Å². The van der Waals surface area contributed by atoms with E-state index < -0.39 is 5.82 Å². The molecule has 0 saturated heterocycles. The Balaban J connectivity index is 1.51. The summed E-state index contributed by atoms with van der Waals surface area (Å²) in [6.45, 7) is 0.341. The zero-order valence-corrected chi connectivity index (χ0v) is 17.8. The van der Waals surface area contributed by atoms with E-state index in [9.17, 15) is 14.0 Å². The van der Waals surface area contributed by atoms with Crippen LogP contribution in [0.4, 0.5) is 4.39 Å². The Morgan fingerprint density at radius 2 is 2.10 bits per heavy atom. The van der Waals surface area contributed by atoms with Gasteiger partial charge in [-0.05, 0) is 43.2 Å². The number of carbonyl (C=O) groups is 1. The van der Waals surface area contributed by atoms with Crippen LogP contribution in [0.15, 0.2) is 52.0 Å². The van der Waals surface area contributed by atoms with E-state index in [0.717, 1.165) is 17.3 Å². The number of nitrogens with zero attached hydrogens (tertiary/aromatic N) is 3. The van der Waals surface area contributed by atoms with Crippen LogP contribution < -0.4 is 5.56 Å². The molecular formula is C21H18BrClFN3O2. The SMILES string of the molecule is O=C(CCn1cnc2ccc(Br)cc2c1=O)N(Cc1c(F)cccc1Cl)C1CC1. The molecule has 0 aliphatic heterocycles. The van der Waals surface area contributed by atoms with Crippen LogP contribution in [-0.2, 0) is 17.9 Å². The van der Waals surface area contributed by atoms with Gasteiger partial charge in [0.05, 0.1) is 23.8 Å². The summed E-state index contributed by atoms with van der Waals surface area (Å²) in [6.07, 6.45) is 3.37. The molecule has 150 valence electrons. The van der Waals surface area contributed by atoms with Crippen molar-refractivity contribution in [1.82, 2.24) is 14.5 Å². The first kappa shape index (κ1) is 20.0. The zero-order valence-electron chi connectivity index (χ0n) is 15.4. The van der Waals surface area contributed by atoms with Crippen molar-refractivity contribution in [2.24, 2.45) is 0 Å². The molecule has 4 rings (SSSR count). The van der Waals surface area contributed by atoms with Gasteiger partial charge >= 0.3 is 0 Å². The predicted octanol–water partition coefficient (Wildman–Crippen LogP) is 4.53. The summed E-state index contributed by atoms with van der Waals surface area (Å²) in [7, 11) is 0. The lowest BCUT2D eigenvalue weighted by Crippen LogP contribution is -2.34. The average molecular weight is 479 g/mol. The summed E-state index contributed by atoms with van der Waals surface area (Å²) < 4.78 is 16.4. The molecule has 0 spiro atoms. The Bertz CT molecular complexity index is 1130. The molecular weight excluding hydrogens is 461 g/mol. The third-order valence-electron chi connectivity index (χ3n) is 5.05. The molecule has 1 aliphatic carbocycles. The lowest BCUT2D eigenvalue weighted by atomic mass is 10.2. The fraction of sp³-hybridized carbons (Fsp3) is 0.286. The fourth-order valence-electron chi connectivity index (χ4n) is 3.31. The molecule has 0 bridgehead atoms. The van der Waals surface area contributed by atoms with Crippen molar-refractivity contribution < 1.29 is 9.18 Å². The van der Waals surface area contributed by atoms with Crippen LogP contribution in [0.5, 0.6) is 0 Å². The van der Waals surface area contributed by atoms with E-state index in [1.54, 1.807) is 29.2 Å². The van der Waals surface area contributed by atoms with Crippen LogP contribution in [-0.4, -0.2) is 26.4 Å². The summed E-state index contributed by atoms with van der Waals surface area (Å²) >= 11 is 9.49. The fourth-order valence-corrected chi connectivity index (χ4v) is 3.89. The lowest BCUT2D eigenvalue weighted by Gasteiger charge is -2.23. The van der Waals surface area contributed by atoms with Gasteiger partial charge in [-0.25, -0.2) is 9.37 Å². The maximum atomic E-state index is 14.2. The first-order valence-corrected chi connectivity index (χ1v) is 10.5. The van der Waals surface area contributed by atoms with Gasteiger partial charge in [-0.1, -0.05) is 33.6 Å². The lowest BCUT2D eigenvalue weighted by molar-refractivity contribution is -0.132. The molecule has 0 atom stereocenters. The van der Waals surface area contributed by atoms with Crippen LogP contribution in [0.3, 0.4) is 0 Å². The number of benzene rings is 2. The Labute approximate surface area is 180 Å². The molecule has 29 heavy (non-hydrogen) atoms. The van der Waals surface area contributed by atoms with Crippen LogP contribution in [0.25, 0.3) is 10.9 Å². The summed E-state index contributed by atoms with van der Waals surface area (Å²) in [4.78, 5) is 31.5. The van der Waals surface area contributed by atoms with E-state index in [1.165, 1.54) is 17.0 Å². The van der Waals surface area contributed by atoms with Gasteiger partial charge in [0.15, 0.2) is 0 Å². The molecule has 1 saturated carbocycles. The highest BCUT2D eigenvalue weighted by atomic mass is 79.9. The molecule has 5 nitrogen and oxygen atoms in total. The quantitative estimate of drug-likeness (QED) is 0.523. The smallest absolute Gasteiger partial charge is 0.261 e. The normalized spacial score (nSPS) is 13.6. The minimum Gasteiger partial charge on any atom is -0.335 e.